The maximum absolute atomic E-state index is 11.5. The minimum Gasteiger partial charge on any atom is -0.496 e. The summed E-state index contributed by atoms with van der Waals surface area (Å²) in [6.07, 6.45) is -0.827. The van der Waals surface area contributed by atoms with Crippen molar-refractivity contribution in [2.24, 2.45) is 0 Å². The molecule has 0 radical (unpaired) electrons. The highest BCUT2D eigenvalue weighted by Crippen LogP contribution is 2.17. The van der Waals surface area contributed by atoms with Gasteiger partial charge in [0.15, 0.2) is 0 Å². The minimum atomic E-state index is -0.827. The molecule has 1 aromatic rings. The number of methoxy groups -OCH3 is 2. The Kier molecular flexibility index (Phi) is 5.61. The van der Waals surface area contributed by atoms with Gasteiger partial charge in [0.25, 0.3) is 0 Å². The Morgan fingerprint density at radius 3 is 2.61 bits per heavy atom. The van der Waals surface area contributed by atoms with Crippen LogP contribution in [0, 0.1) is 0 Å². The molecule has 1 aromatic carbocycles. The molecule has 0 fully saturated rings. The van der Waals surface area contributed by atoms with E-state index in [2.05, 4.69) is 10.1 Å². The first kappa shape index (κ1) is 14.5. The Bertz CT molecular complexity index is 392. The van der Waals surface area contributed by atoms with E-state index in [1.54, 1.807) is 7.11 Å². The van der Waals surface area contributed by atoms with Crippen LogP contribution >= 0.6 is 0 Å². The number of rotatable bonds is 6. The average molecular weight is 253 g/mol. The summed E-state index contributed by atoms with van der Waals surface area (Å²) in [6, 6.07) is 6.73. The van der Waals surface area contributed by atoms with Crippen molar-refractivity contribution < 1.29 is 19.4 Å². The van der Waals surface area contributed by atoms with Crippen LogP contribution in [-0.4, -0.2) is 37.4 Å². The molecule has 0 saturated carbocycles. The molecular weight excluding hydrogens is 234 g/mol. The lowest BCUT2D eigenvalue weighted by Crippen LogP contribution is -2.45. The Hall–Kier alpha value is -1.59. The van der Waals surface area contributed by atoms with E-state index in [0.717, 1.165) is 11.3 Å². The topological polar surface area (TPSA) is 67.8 Å². The van der Waals surface area contributed by atoms with Crippen molar-refractivity contribution in [2.75, 3.05) is 14.2 Å². The summed E-state index contributed by atoms with van der Waals surface area (Å²) in [5, 5.41) is 12.5. The third-order valence-electron chi connectivity index (χ3n) is 2.64. The van der Waals surface area contributed by atoms with Crippen molar-refractivity contribution in [3.05, 3.63) is 29.8 Å². The summed E-state index contributed by atoms with van der Waals surface area (Å²) in [6.45, 7) is 1.95. The van der Waals surface area contributed by atoms with Crippen LogP contribution < -0.4 is 10.1 Å². The van der Waals surface area contributed by atoms with Crippen LogP contribution in [0.2, 0.25) is 0 Å². The summed E-state index contributed by atoms with van der Waals surface area (Å²) in [5.74, 6) is 0.249. The third kappa shape index (κ3) is 3.72. The number of nitrogens with one attached hydrogen (secondary N) is 1. The molecule has 0 heterocycles. The molecule has 18 heavy (non-hydrogen) atoms. The molecule has 0 aliphatic carbocycles. The van der Waals surface area contributed by atoms with E-state index in [0.29, 0.717) is 6.54 Å². The molecule has 0 saturated heterocycles. The number of benzene rings is 1. The number of aliphatic hydroxyl groups excluding tert-OH is 1. The van der Waals surface area contributed by atoms with E-state index in [4.69, 9.17) is 4.74 Å². The first-order chi connectivity index (χ1) is 8.60. The summed E-state index contributed by atoms with van der Waals surface area (Å²) in [5.41, 5.74) is 0.912. The van der Waals surface area contributed by atoms with Gasteiger partial charge in [-0.05, 0) is 13.0 Å². The first-order valence-corrected chi connectivity index (χ1v) is 5.71. The van der Waals surface area contributed by atoms with Gasteiger partial charge in [0.2, 0.25) is 0 Å². The molecule has 2 N–H and O–H groups in total. The van der Waals surface area contributed by atoms with Crippen LogP contribution in [0.15, 0.2) is 24.3 Å². The van der Waals surface area contributed by atoms with Gasteiger partial charge < -0.3 is 14.6 Å². The zero-order valence-corrected chi connectivity index (χ0v) is 10.8. The molecule has 0 unspecified atom stereocenters. The van der Waals surface area contributed by atoms with Gasteiger partial charge in [0.1, 0.15) is 11.8 Å². The predicted octanol–water partition coefficient (Wildman–Crippen LogP) is 0.707. The fourth-order valence-corrected chi connectivity index (χ4v) is 1.65. The zero-order chi connectivity index (χ0) is 13.5. The fraction of sp³-hybridized carbons (Fsp3) is 0.462. The third-order valence-corrected chi connectivity index (χ3v) is 2.64. The van der Waals surface area contributed by atoms with Crippen molar-refractivity contribution in [3.63, 3.8) is 0 Å². The predicted molar refractivity (Wildman–Crippen MR) is 67.3 cm³/mol. The molecule has 5 heteroatoms. The van der Waals surface area contributed by atoms with Gasteiger partial charge in [-0.25, -0.2) is 0 Å². The second kappa shape index (κ2) is 6.98. The molecule has 1 rings (SSSR count). The Balaban J connectivity index is 2.70. The van der Waals surface area contributed by atoms with E-state index >= 15 is 0 Å². The van der Waals surface area contributed by atoms with E-state index < -0.39 is 18.1 Å². The minimum absolute atomic E-state index is 0.411. The van der Waals surface area contributed by atoms with E-state index in [9.17, 15) is 9.90 Å². The molecule has 5 nitrogen and oxygen atoms in total. The van der Waals surface area contributed by atoms with Crippen molar-refractivity contribution in [1.29, 1.82) is 0 Å². The smallest absolute Gasteiger partial charge is 0.325 e. The largest absolute Gasteiger partial charge is 0.496 e. The summed E-state index contributed by atoms with van der Waals surface area (Å²) < 4.78 is 9.83. The van der Waals surface area contributed by atoms with Crippen molar-refractivity contribution in [1.82, 2.24) is 5.32 Å². The Morgan fingerprint density at radius 1 is 1.39 bits per heavy atom. The Morgan fingerprint density at radius 2 is 2.06 bits per heavy atom. The number of ether oxygens (including phenoxy) is 2. The van der Waals surface area contributed by atoms with Gasteiger partial charge in [-0.1, -0.05) is 18.2 Å². The number of esters is 1. The van der Waals surface area contributed by atoms with Crippen LogP contribution in [0.4, 0.5) is 0 Å². The van der Waals surface area contributed by atoms with Crippen LogP contribution in [0.3, 0.4) is 0 Å². The molecule has 0 bridgehead atoms. The molecule has 0 spiro atoms. The van der Waals surface area contributed by atoms with Gasteiger partial charge >= 0.3 is 5.97 Å². The van der Waals surface area contributed by atoms with Crippen molar-refractivity contribution in [3.8, 4) is 5.75 Å². The standard InChI is InChI=1S/C13H19NO4/c1-9(15)12(13(16)18-3)14-8-10-6-4-5-7-11(10)17-2/h4-7,9,12,14-15H,8H2,1-3H3/t9-,12-/m1/s1. The molecule has 2 atom stereocenters. The van der Waals surface area contributed by atoms with E-state index in [1.165, 1.54) is 14.0 Å². The van der Waals surface area contributed by atoms with Gasteiger partial charge in [-0.15, -0.1) is 0 Å². The van der Waals surface area contributed by atoms with Crippen LogP contribution in [0.25, 0.3) is 0 Å². The average Bonchev–Trinajstić information content (AvgIpc) is 2.38. The number of carbonyl (C=O) groups is 1. The van der Waals surface area contributed by atoms with Gasteiger partial charge in [0, 0.05) is 12.1 Å². The second-order valence-corrected chi connectivity index (χ2v) is 3.93. The van der Waals surface area contributed by atoms with Crippen LogP contribution in [-0.2, 0) is 16.1 Å². The highest BCUT2D eigenvalue weighted by atomic mass is 16.5. The van der Waals surface area contributed by atoms with E-state index in [1.807, 2.05) is 24.3 Å². The maximum Gasteiger partial charge on any atom is 0.325 e. The number of aliphatic hydroxyl groups is 1. The fourth-order valence-electron chi connectivity index (χ4n) is 1.65. The van der Waals surface area contributed by atoms with Crippen molar-refractivity contribution >= 4 is 5.97 Å². The normalized spacial score (nSPS) is 13.8. The van der Waals surface area contributed by atoms with Crippen molar-refractivity contribution in [2.45, 2.75) is 25.6 Å². The van der Waals surface area contributed by atoms with Crippen LogP contribution in [0.1, 0.15) is 12.5 Å². The number of hydrogen-bond donors (Lipinski definition) is 2. The van der Waals surface area contributed by atoms with Gasteiger partial charge in [0.05, 0.1) is 20.3 Å². The number of para-hydroxylation sites is 1. The number of carbonyl (C=O) groups excluding carboxylic acids is 1. The summed E-state index contributed by atoms with van der Waals surface area (Å²) >= 11 is 0. The van der Waals surface area contributed by atoms with Gasteiger partial charge in [-0.3, -0.25) is 10.1 Å². The quantitative estimate of drug-likeness (QED) is 0.731. The lowest BCUT2D eigenvalue weighted by molar-refractivity contribution is -0.145. The lowest BCUT2D eigenvalue weighted by atomic mass is 10.1. The Labute approximate surface area is 107 Å². The lowest BCUT2D eigenvalue weighted by Gasteiger charge is -2.19. The highest BCUT2D eigenvalue weighted by Gasteiger charge is 2.23. The maximum atomic E-state index is 11.5. The van der Waals surface area contributed by atoms with Crippen LogP contribution in [0.5, 0.6) is 5.75 Å². The second-order valence-electron chi connectivity index (χ2n) is 3.93. The number of hydrogen-bond acceptors (Lipinski definition) is 5. The molecular formula is C13H19NO4. The molecule has 0 aliphatic heterocycles. The molecule has 100 valence electrons. The van der Waals surface area contributed by atoms with Gasteiger partial charge in [-0.2, -0.15) is 0 Å². The SMILES string of the molecule is COC(=O)[C@H](NCc1ccccc1OC)[C@@H](C)O. The monoisotopic (exact) mass is 253 g/mol. The molecule has 0 aliphatic rings. The highest BCUT2D eigenvalue weighted by molar-refractivity contribution is 5.76. The summed E-state index contributed by atoms with van der Waals surface area (Å²) in [4.78, 5) is 11.5. The molecule has 0 amide bonds. The molecule has 0 aromatic heterocycles. The summed E-state index contributed by atoms with van der Waals surface area (Å²) in [7, 11) is 2.88. The first-order valence-electron chi connectivity index (χ1n) is 5.71. The van der Waals surface area contributed by atoms with E-state index in [-0.39, 0.29) is 0 Å². The zero-order valence-electron chi connectivity index (χ0n) is 10.8.